The Hall–Kier alpha value is 0.0200. The van der Waals surface area contributed by atoms with Crippen molar-refractivity contribution in [3.8, 4) is 0 Å². The molecule has 12 heavy (non-hydrogen) atoms. The van der Waals surface area contributed by atoms with Crippen LogP contribution in [0.4, 0.5) is 0 Å². The second-order valence-corrected chi connectivity index (χ2v) is 4.93. The molecule has 0 N–H and O–H groups in total. The van der Waals surface area contributed by atoms with Gasteiger partial charge in [-0.15, -0.1) is 0 Å². The molecule has 1 atom stereocenters. The van der Waals surface area contributed by atoms with E-state index in [9.17, 15) is 4.79 Å². The molecule has 1 aliphatic rings. The van der Waals surface area contributed by atoms with Crippen LogP contribution in [0, 0.1) is 5.92 Å². The Balaban J connectivity index is 2.97. The van der Waals surface area contributed by atoms with Crippen molar-refractivity contribution in [1.82, 2.24) is 0 Å². The van der Waals surface area contributed by atoms with Gasteiger partial charge in [-0.05, 0) is 23.6 Å². The van der Waals surface area contributed by atoms with E-state index in [1.165, 1.54) is 12.2 Å². The number of halogens is 3. The van der Waals surface area contributed by atoms with Gasteiger partial charge in [0.2, 0.25) is 3.79 Å². The molecule has 1 unspecified atom stereocenters. The Morgan fingerprint density at radius 1 is 1.42 bits per heavy atom. The molecule has 0 fully saturated rings. The third-order valence-corrected chi connectivity index (χ3v) is 2.32. The highest BCUT2D eigenvalue weighted by Crippen LogP contribution is 2.40. The zero-order chi connectivity index (χ0) is 9.35. The van der Waals surface area contributed by atoms with E-state index in [4.69, 9.17) is 34.8 Å². The van der Waals surface area contributed by atoms with Crippen LogP contribution in [-0.2, 0) is 4.79 Å². The SMILES string of the molecule is CC1C=CC(=O)C=C1C(Cl)(Cl)Cl. The van der Waals surface area contributed by atoms with Crippen molar-refractivity contribution in [2.24, 2.45) is 5.92 Å². The first-order valence-corrected chi connectivity index (χ1v) is 4.55. The van der Waals surface area contributed by atoms with Gasteiger partial charge in [-0.1, -0.05) is 47.8 Å². The summed E-state index contributed by atoms with van der Waals surface area (Å²) in [4.78, 5) is 10.9. The van der Waals surface area contributed by atoms with Crippen LogP contribution in [0.3, 0.4) is 0 Å². The van der Waals surface area contributed by atoms with Gasteiger partial charge < -0.3 is 0 Å². The van der Waals surface area contributed by atoms with E-state index >= 15 is 0 Å². The number of ketones is 1. The summed E-state index contributed by atoms with van der Waals surface area (Å²) in [5.41, 5.74) is 0.528. The zero-order valence-corrected chi connectivity index (χ0v) is 8.62. The Morgan fingerprint density at radius 2 is 2.00 bits per heavy atom. The number of hydrogen-bond donors (Lipinski definition) is 0. The fourth-order valence-corrected chi connectivity index (χ4v) is 1.70. The van der Waals surface area contributed by atoms with E-state index in [1.54, 1.807) is 6.08 Å². The van der Waals surface area contributed by atoms with Crippen LogP contribution in [0.15, 0.2) is 23.8 Å². The molecule has 0 radical (unpaired) electrons. The van der Waals surface area contributed by atoms with Gasteiger partial charge in [0.1, 0.15) is 0 Å². The fourth-order valence-electron chi connectivity index (χ4n) is 1.02. The van der Waals surface area contributed by atoms with Crippen LogP contribution in [-0.4, -0.2) is 9.58 Å². The number of rotatable bonds is 0. The molecule has 0 aliphatic heterocycles. The normalized spacial score (nSPS) is 24.2. The van der Waals surface area contributed by atoms with Crippen LogP contribution in [0.2, 0.25) is 0 Å². The molecule has 1 rings (SSSR count). The van der Waals surface area contributed by atoms with Gasteiger partial charge >= 0.3 is 0 Å². The average molecular weight is 226 g/mol. The summed E-state index contributed by atoms with van der Waals surface area (Å²) in [6, 6.07) is 0. The maximum absolute atomic E-state index is 10.9. The summed E-state index contributed by atoms with van der Waals surface area (Å²) in [7, 11) is 0. The van der Waals surface area contributed by atoms with Crippen LogP contribution < -0.4 is 0 Å². The van der Waals surface area contributed by atoms with Crippen LogP contribution in [0.25, 0.3) is 0 Å². The van der Waals surface area contributed by atoms with Gasteiger partial charge in [0.15, 0.2) is 5.78 Å². The minimum atomic E-state index is -1.47. The summed E-state index contributed by atoms with van der Waals surface area (Å²) < 4.78 is -1.47. The Morgan fingerprint density at radius 3 is 2.42 bits per heavy atom. The monoisotopic (exact) mass is 224 g/mol. The summed E-state index contributed by atoms with van der Waals surface area (Å²) in [6.07, 6.45) is 4.57. The number of alkyl halides is 3. The van der Waals surface area contributed by atoms with E-state index in [-0.39, 0.29) is 11.7 Å². The van der Waals surface area contributed by atoms with E-state index in [0.29, 0.717) is 5.57 Å². The number of carbonyl (C=O) groups is 1. The molecule has 0 spiro atoms. The molecule has 4 heteroatoms. The van der Waals surface area contributed by atoms with Crippen LogP contribution >= 0.6 is 34.8 Å². The first-order chi connectivity index (χ1) is 5.41. The molecule has 66 valence electrons. The summed E-state index contributed by atoms with van der Waals surface area (Å²) in [6.45, 7) is 1.87. The van der Waals surface area contributed by atoms with Crippen molar-refractivity contribution in [2.75, 3.05) is 0 Å². The molecular formula is C8H7Cl3O. The first-order valence-electron chi connectivity index (χ1n) is 3.42. The molecule has 0 aromatic carbocycles. The van der Waals surface area contributed by atoms with E-state index in [0.717, 1.165) is 0 Å². The standard InChI is InChI=1S/C8H7Cl3O/c1-5-2-3-6(12)4-7(5)8(9,10)11/h2-5H,1H3. The van der Waals surface area contributed by atoms with Crippen molar-refractivity contribution in [3.05, 3.63) is 23.8 Å². The molecule has 0 saturated heterocycles. The lowest BCUT2D eigenvalue weighted by Gasteiger charge is -2.21. The lowest BCUT2D eigenvalue weighted by molar-refractivity contribution is -0.110. The van der Waals surface area contributed by atoms with Gasteiger partial charge in [-0.2, -0.15) is 0 Å². The maximum atomic E-state index is 10.9. The van der Waals surface area contributed by atoms with E-state index < -0.39 is 3.79 Å². The van der Waals surface area contributed by atoms with Crippen molar-refractivity contribution < 1.29 is 4.79 Å². The van der Waals surface area contributed by atoms with Gasteiger partial charge in [0, 0.05) is 0 Å². The third kappa shape index (κ3) is 2.25. The number of allylic oxidation sites excluding steroid dienone is 4. The van der Waals surface area contributed by atoms with Crippen LogP contribution in [0.1, 0.15) is 6.92 Å². The highest BCUT2D eigenvalue weighted by Gasteiger charge is 2.30. The van der Waals surface area contributed by atoms with Gasteiger partial charge in [0.05, 0.1) is 0 Å². The van der Waals surface area contributed by atoms with Crippen LogP contribution in [0.5, 0.6) is 0 Å². The summed E-state index contributed by atoms with van der Waals surface area (Å²) in [5, 5.41) is 0. The van der Waals surface area contributed by atoms with Crippen molar-refractivity contribution in [1.29, 1.82) is 0 Å². The van der Waals surface area contributed by atoms with Crippen molar-refractivity contribution >= 4 is 40.6 Å². The van der Waals surface area contributed by atoms with Crippen molar-refractivity contribution in [3.63, 3.8) is 0 Å². The highest BCUT2D eigenvalue weighted by atomic mass is 35.6. The smallest absolute Gasteiger partial charge is 0.213 e. The highest BCUT2D eigenvalue weighted by molar-refractivity contribution is 6.69. The predicted octanol–water partition coefficient (Wildman–Crippen LogP) is 3.06. The third-order valence-electron chi connectivity index (χ3n) is 1.66. The largest absolute Gasteiger partial charge is 0.290 e. The molecular weight excluding hydrogens is 218 g/mol. The minimum Gasteiger partial charge on any atom is -0.290 e. The molecule has 0 bridgehead atoms. The Labute approximate surface area is 86.0 Å². The van der Waals surface area contributed by atoms with Gasteiger partial charge in [-0.25, -0.2) is 0 Å². The minimum absolute atomic E-state index is 0.00944. The number of hydrogen-bond acceptors (Lipinski definition) is 1. The maximum Gasteiger partial charge on any atom is 0.213 e. The average Bonchev–Trinajstić information content (AvgIpc) is 1.92. The zero-order valence-electron chi connectivity index (χ0n) is 6.35. The second-order valence-electron chi connectivity index (χ2n) is 2.65. The predicted molar refractivity (Wildman–Crippen MR) is 51.7 cm³/mol. The molecule has 0 saturated carbocycles. The molecule has 0 amide bonds. The fraction of sp³-hybridized carbons (Fsp3) is 0.375. The lowest BCUT2D eigenvalue weighted by atomic mass is 9.96. The number of carbonyl (C=O) groups excluding carboxylic acids is 1. The molecule has 0 heterocycles. The second kappa shape index (κ2) is 3.41. The van der Waals surface area contributed by atoms with E-state index in [1.807, 2.05) is 6.92 Å². The van der Waals surface area contributed by atoms with E-state index in [2.05, 4.69) is 0 Å². The topological polar surface area (TPSA) is 17.1 Å². The van der Waals surface area contributed by atoms with Crippen molar-refractivity contribution in [2.45, 2.75) is 10.7 Å². The summed E-state index contributed by atoms with van der Waals surface area (Å²) >= 11 is 16.9. The van der Waals surface area contributed by atoms with Gasteiger partial charge in [0.25, 0.3) is 0 Å². The Bertz CT molecular complexity index is 260. The lowest BCUT2D eigenvalue weighted by Crippen LogP contribution is -2.17. The summed E-state index contributed by atoms with van der Waals surface area (Å²) in [5.74, 6) is -0.121. The Kier molecular flexibility index (Phi) is 2.87. The first kappa shape index (κ1) is 10.1. The quantitative estimate of drug-likeness (QED) is 0.579. The molecule has 0 aromatic rings. The van der Waals surface area contributed by atoms with Gasteiger partial charge in [-0.3, -0.25) is 4.79 Å². The molecule has 1 aliphatic carbocycles. The molecule has 0 aromatic heterocycles. The molecule has 1 nitrogen and oxygen atoms in total.